The molecule has 1 aromatic rings. The maximum atomic E-state index is 11.3. The van der Waals surface area contributed by atoms with Crippen molar-refractivity contribution in [3.63, 3.8) is 0 Å². The Morgan fingerprint density at radius 3 is 2.22 bits per heavy atom. The van der Waals surface area contributed by atoms with Gasteiger partial charge in [0.1, 0.15) is 0 Å². The Morgan fingerprint density at radius 1 is 1.28 bits per heavy atom. The molecule has 3 heteroatoms. The molecule has 1 fully saturated rings. The lowest BCUT2D eigenvalue weighted by molar-refractivity contribution is -0.153. The van der Waals surface area contributed by atoms with Crippen LogP contribution in [0.15, 0.2) is 12.1 Å². The van der Waals surface area contributed by atoms with E-state index in [0.29, 0.717) is 6.54 Å². The van der Waals surface area contributed by atoms with Crippen molar-refractivity contribution in [3.8, 4) is 0 Å². The zero-order valence-electron chi connectivity index (χ0n) is 11.3. The first kappa shape index (κ1) is 12.9. The molecule has 0 aromatic heterocycles. The summed E-state index contributed by atoms with van der Waals surface area (Å²) >= 11 is 0. The monoisotopic (exact) mass is 247 g/mol. The molecule has 98 valence electrons. The van der Waals surface area contributed by atoms with Gasteiger partial charge in [-0.2, -0.15) is 0 Å². The average molecular weight is 247 g/mol. The number of rotatable bonds is 4. The molecular formula is C15H21NO2. The van der Waals surface area contributed by atoms with Gasteiger partial charge in [0.15, 0.2) is 0 Å². The lowest BCUT2D eigenvalue weighted by Crippen LogP contribution is -2.43. The topological polar surface area (TPSA) is 49.3 Å². The number of carboxylic acid groups (broad SMARTS) is 1. The van der Waals surface area contributed by atoms with Gasteiger partial charge in [0.25, 0.3) is 0 Å². The van der Waals surface area contributed by atoms with E-state index in [1.165, 1.54) is 16.7 Å². The van der Waals surface area contributed by atoms with Crippen molar-refractivity contribution in [1.82, 2.24) is 0 Å². The second-order valence-electron chi connectivity index (χ2n) is 5.57. The van der Waals surface area contributed by atoms with Gasteiger partial charge in [-0.15, -0.1) is 0 Å². The SMILES string of the molecule is Cc1cc(C)c(NCC2(C(=O)O)CCC2)c(C)c1. The number of carboxylic acids is 1. The third kappa shape index (κ3) is 2.22. The average Bonchev–Trinajstić information content (AvgIpc) is 2.18. The van der Waals surface area contributed by atoms with Gasteiger partial charge in [-0.25, -0.2) is 0 Å². The number of aliphatic carboxylic acids is 1. The summed E-state index contributed by atoms with van der Waals surface area (Å²) in [6.07, 6.45) is 2.61. The van der Waals surface area contributed by atoms with Gasteiger partial charge in [-0.05, 0) is 44.7 Å². The predicted molar refractivity (Wildman–Crippen MR) is 73.1 cm³/mol. The van der Waals surface area contributed by atoms with E-state index in [0.717, 1.165) is 24.9 Å². The van der Waals surface area contributed by atoms with E-state index >= 15 is 0 Å². The molecule has 0 bridgehead atoms. The zero-order valence-corrected chi connectivity index (χ0v) is 11.3. The summed E-state index contributed by atoms with van der Waals surface area (Å²) in [7, 11) is 0. The Hall–Kier alpha value is -1.51. The van der Waals surface area contributed by atoms with Crippen molar-refractivity contribution in [3.05, 3.63) is 28.8 Å². The molecule has 0 spiro atoms. The summed E-state index contributed by atoms with van der Waals surface area (Å²) in [6, 6.07) is 4.26. The zero-order chi connectivity index (χ0) is 13.3. The van der Waals surface area contributed by atoms with E-state index in [2.05, 4.69) is 38.2 Å². The molecule has 1 saturated carbocycles. The fraction of sp³-hybridized carbons (Fsp3) is 0.533. The van der Waals surface area contributed by atoms with E-state index in [1.807, 2.05) is 0 Å². The Morgan fingerprint density at radius 2 is 1.83 bits per heavy atom. The maximum Gasteiger partial charge on any atom is 0.311 e. The minimum absolute atomic E-state index is 0.535. The van der Waals surface area contributed by atoms with Crippen molar-refractivity contribution in [2.24, 2.45) is 5.41 Å². The van der Waals surface area contributed by atoms with Crippen LogP contribution in [0.5, 0.6) is 0 Å². The fourth-order valence-corrected chi connectivity index (χ4v) is 2.79. The van der Waals surface area contributed by atoms with Crippen LogP contribution in [0.3, 0.4) is 0 Å². The molecule has 0 heterocycles. The highest BCUT2D eigenvalue weighted by molar-refractivity contribution is 5.77. The van der Waals surface area contributed by atoms with Crippen molar-refractivity contribution in [2.75, 3.05) is 11.9 Å². The van der Waals surface area contributed by atoms with Crippen molar-refractivity contribution in [2.45, 2.75) is 40.0 Å². The molecule has 1 aliphatic carbocycles. The van der Waals surface area contributed by atoms with Crippen LogP contribution in [0.25, 0.3) is 0 Å². The van der Waals surface area contributed by atoms with Gasteiger partial charge in [0.05, 0.1) is 5.41 Å². The number of anilines is 1. The number of hydrogen-bond donors (Lipinski definition) is 2. The summed E-state index contributed by atoms with van der Waals surface area (Å²) in [5.41, 5.74) is 4.17. The second kappa shape index (κ2) is 4.63. The smallest absolute Gasteiger partial charge is 0.311 e. The van der Waals surface area contributed by atoms with Crippen molar-refractivity contribution in [1.29, 1.82) is 0 Å². The van der Waals surface area contributed by atoms with E-state index < -0.39 is 11.4 Å². The van der Waals surface area contributed by atoms with E-state index in [1.54, 1.807) is 0 Å². The van der Waals surface area contributed by atoms with Gasteiger partial charge in [0.2, 0.25) is 0 Å². The molecule has 0 atom stereocenters. The lowest BCUT2D eigenvalue weighted by atomic mass is 9.68. The van der Waals surface area contributed by atoms with Crippen LogP contribution in [0.1, 0.15) is 36.0 Å². The minimum Gasteiger partial charge on any atom is -0.481 e. The third-order valence-electron chi connectivity index (χ3n) is 4.04. The first-order valence-electron chi connectivity index (χ1n) is 6.50. The highest BCUT2D eigenvalue weighted by Crippen LogP contribution is 2.41. The first-order valence-corrected chi connectivity index (χ1v) is 6.50. The minimum atomic E-state index is -0.663. The largest absolute Gasteiger partial charge is 0.481 e. The van der Waals surface area contributed by atoms with Crippen LogP contribution in [0.2, 0.25) is 0 Å². The van der Waals surface area contributed by atoms with Gasteiger partial charge in [-0.1, -0.05) is 24.1 Å². The van der Waals surface area contributed by atoms with Crippen LogP contribution in [-0.2, 0) is 4.79 Å². The third-order valence-corrected chi connectivity index (χ3v) is 4.04. The molecule has 1 aliphatic rings. The molecule has 0 unspecified atom stereocenters. The van der Waals surface area contributed by atoms with Gasteiger partial charge in [0, 0.05) is 12.2 Å². The second-order valence-corrected chi connectivity index (χ2v) is 5.57. The number of aryl methyl sites for hydroxylation is 3. The van der Waals surface area contributed by atoms with Crippen LogP contribution in [0.4, 0.5) is 5.69 Å². The van der Waals surface area contributed by atoms with E-state index in [4.69, 9.17) is 0 Å². The standard InChI is InChI=1S/C15H21NO2/c1-10-7-11(2)13(12(3)8-10)16-9-15(14(17)18)5-4-6-15/h7-8,16H,4-6,9H2,1-3H3,(H,17,18). The first-order chi connectivity index (χ1) is 8.44. The summed E-state index contributed by atoms with van der Waals surface area (Å²) in [4.78, 5) is 11.3. The quantitative estimate of drug-likeness (QED) is 0.858. The Labute approximate surface area is 108 Å². The molecular weight excluding hydrogens is 226 g/mol. The highest BCUT2D eigenvalue weighted by atomic mass is 16.4. The van der Waals surface area contributed by atoms with Gasteiger partial charge in [-0.3, -0.25) is 4.79 Å². The summed E-state index contributed by atoms with van der Waals surface area (Å²) in [6.45, 7) is 6.74. The predicted octanol–water partition coefficient (Wildman–Crippen LogP) is 3.28. The van der Waals surface area contributed by atoms with Crippen LogP contribution in [-0.4, -0.2) is 17.6 Å². The molecule has 0 radical (unpaired) electrons. The molecule has 0 saturated heterocycles. The Bertz CT molecular complexity index is 452. The fourth-order valence-electron chi connectivity index (χ4n) is 2.79. The maximum absolute atomic E-state index is 11.3. The van der Waals surface area contributed by atoms with Crippen LogP contribution >= 0.6 is 0 Å². The number of hydrogen-bond acceptors (Lipinski definition) is 2. The van der Waals surface area contributed by atoms with E-state index in [-0.39, 0.29) is 0 Å². The summed E-state index contributed by atoms with van der Waals surface area (Å²) in [5.74, 6) is -0.663. The lowest BCUT2D eigenvalue weighted by Gasteiger charge is -2.38. The molecule has 0 aliphatic heterocycles. The van der Waals surface area contributed by atoms with Crippen LogP contribution < -0.4 is 5.32 Å². The Balaban J connectivity index is 2.13. The number of carbonyl (C=O) groups is 1. The summed E-state index contributed by atoms with van der Waals surface area (Å²) < 4.78 is 0. The number of benzene rings is 1. The summed E-state index contributed by atoms with van der Waals surface area (Å²) in [5, 5.41) is 12.7. The number of nitrogens with one attached hydrogen (secondary N) is 1. The molecule has 2 N–H and O–H groups in total. The van der Waals surface area contributed by atoms with Gasteiger partial charge < -0.3 is 10.4 Å². The van der Waals surface area contributed by atoms with E-state index in [9.17, 15) is 9.90 Å². The van der Waals surface area contributed by atoms with Crippen molar-refractivity contribution < 1.29 is 9.90 Å². The normalized spacial score (nSPS) is 17.1. The highest BCUT2D eigenvalue weighted by Gasteiger charge is 2.44. The van der Waals surface area contributed by atoms with Crippen molar-refractivity contribution >= 4 is 11.7 Å². The molecule has 18 heavy (non-hydrogen) atoms. The molecule has 3 nitrogen and oxygen atoms in total. The Kier molecular flexibility index (Phi) is 3.33. The molecule has 0 amide bonds. The van der Waals surface area contributed by atoms with Crippen LogP contribution in [0, 0.1) is 26.2 Å². The van der Waals surface area contributed by atoms with Gasteiger partial charge >= 0.3 is 5.97 Å². The molecule has 1 aromatic carbocycles. The molecule has 2 rings (SSSR count).